The molecule has 0 spiro atoms. The van der Waals surface area contributed by atoms with E-state index in [1.807, 2.05) is 60.8 Å². The fraction of sp³-hybridized carbons (Fsp3) is 0.380. The number of aliphatic imine (C=N–C) groups is 1. The van der Waals surface area contributed by atoms with Crippen LogP contribution in [0.25, 0.3) is 32.7 Å². The van der Waals surface area contributed by atoms with Crippen LogP contribution in [0.4, 0.5) is 0 Å². The molecule has 1 heterocycles. The van der Waals surface area contributed by atoms with Crippen molar-refractivity contribution in [2.45, 2.75) is 96.9 Å². The van der Waals surface area contributed by atoms with Crippen LogP contribution < -0.4 is 37.3 Å². The highest BCUT2D eigenvalue weighted by atomic mass is 16.5. The molecule has 0 aliphatic rings. The molecule has 0 unspecified atom stereocenters. The van der Waals surface area contributed by atoms with Crippen LogP contribution in [0.5, 0.6) is 11.5 Å². The maximum Gasteiger partial charge on any atom is 0.242 e. The zero-order valence-corrected chi connectivity index (χ0v) is 36.7. The summed E-state index contributed by atoms with van der Waals surface area (Å²) in [7, 11) is 0. The summed E-state index contributed by atoms with van der Waals surface area (Å²) in [5, 5.41) is 19.4. The number of unbranched alkanes of at least 4 members (excludes halogenated alkanes) is 1. The number of aromatic nitrogens is 3. The van der Waals surface area contributed by atoms with E-state index in [0.29, 0.717) is 75.7 Å². The number of carbonyl (C=O) groups excluding carboxylic acids is 2. The van der Waals surface area contributed by atoms with Crippen molar-refractivity contribution in [1.29, 1.82) is 0 Å². The molecule has 8 N–H and O–H groups in total. The first kappa shape index (κ1) is 46.0. The minimum atomic E-state index is -0.765. The van der Waals surface area contributed by atoms with Gasteiger partial charge >= 0.3 is 0 Å². The molecule has 0 radical (unpaired) electrons. The van der Waals surface area contributed by atoms with E-state index >= 15 is 0 Å². The van der Waals surface area contributed by atoms with Gasteiger partial charge in [0.05, 0.1) is 19.3 Å². The Morgan fingerprint density at radius 3 is 2.08 bits per heavy atom. The third-order valence-electron chi connectivity index (χ3n) is 11.0. The zero-order chi connectivity index (χ0) is 44.4. The second-order valence-electron chi connectivity index (χ2n) is 16.5. The lowest BCUT2D eigenvalue weighted by Gasteiger charge is -2.23. The summed E-state index contributed by atoms with van der Waals surface area (Å²) in [4.78, 5) is 31.1. The summed E-state index contributed by atoms with van der Waals surface area (Å²) < 4.78 is 14.9. The number of carbonyl (C=O) groups is 2. The van der Waals surface area contributed by atoms with Gasteiger partial charge in [0, 0.05) is 30.1 Å². The quantitative estimate of drug-likeness (QED) is 0.0221. The standard InChI is InChI=1S/C50H63N9O4/c1-35(2)28-31-62-44-26-24-37-17-6-8-20-41(37)47(44)48-42-21-9-7-18-38(42)25-27-45(48)63-34-40-33-59(58-57-40)32-39(19-10-11-29-51)55-49(61)43(22-13-30-54-50(52)53)56-46(60)23-12-16-36-14-4-3-5-15-36/h3-9,14-15,17-18,20-21,24-27,33,35,39,43H,10-13,16,19,22-23,28-32,34,51H2,1-2H3,(H,55,61)(H,56,60)(H4,52,53,54)/t39-,43-/m1/s1. The summed E-state index contributed by atoms with van der Waals surface area (Å²) in [6, 6.07) is 33.9. The Kier molecular flexibility index (Phi) is 17.3. The highest BCUT2D eigenvalue weighted by Crippen LogP contribution is 2.45. The topological polar surface area (TPSA) is 198 Å². The van der Waals surface area contributed by atoms with Crippen LogP contribution in [0, 0.1) is 5.92 Å². The summed E-state index contributed by atoms with van der Waals surface area (Å²) in [6.45, 7) is 6.41. The van der Waals surface area contributed by atoms with Crippen molar-refractivity contribution in [2.75, 3.05) is 19.7 Å². The SMILES string of the molecule is CC(C)CCOc1ccc2ccccc2c1-c1c(OCc2cn(C[C@@H](CCCCN)NC(=O)[C@@H](CCCN=C(N)N)NC(=O)CCCc3ccccc3)nn2)ccc2ccccc12. The van der Waals surface area contributed by atoms with E-state index in [9.17, 15) is 9.59 Å². The summed E-state index contributed by atoms with van der Waals surface area (Å²) >= 11 is 0. The third kappa shape index (κ3) is 13.8. The van der Waals surface area contributed by atoms with Gasteiger partial charge < -0.3 is 37.3 Å². The number of rotatable bonds is 25. The van der Waals surface area contributed by atoms with Crippen LogP contribution in [-0.4, -0.2) is 64.5 Å². The average Bonchev–Trinajstić information content (AvgIpc) is 3.73. The minimum Gasteiger partial charge on any atom is -0.493 e. The number of ether oxygens (including phenoxy) is 2. The number of nitrogens with zero attached hydrogens (tertiary/aromatic N) is 4. The molecule has 332 valence electrons. The molecule has 0 saturated carbocycles. The fourth-order valence-corrected chi connectivity index (χ4v) is 7.72. The molecule has 13 heteroatoms. The minimum absolute atomic E-state index is 0.0164. The van der Waals surface area contributed by atoms with Gasteiger partial charge in [-0.25, -0.2) is 0 Å². The van der Waals surface area contributed by atoms with Crippen molar-refractivity contribution in [3.63, 3.8) is 0 Å². The number of amides is 2. The monoisotopic (exact) mass is 854 g/mol. The van der Waals surface area contributed by atoms with Crippen LogP contribution in [0.1, 0.15) is 76.5 Å². The number of fused-ring (bicyclic) bond motifs is 2. The smallest absolute Gasteiger partial charge is 0.242 e. The van der Waals surface area contributed by atoms with Crippen molar-refractivity contribution >= 4 is 39.3 Å². The maximum absolute atomic E-state index is 13.9. The summed E-state index contributed by atoms with van der Waals surface area (Å²) in [6.07, 6.45) is 7.66. The first-order valence-corrected chi connectivity index (χ1v) is 22.3. The van der Waals surface area contributed by atoms with Gasteiger partial charge in [0.2, 0.25) is 11.8 Å². The second kappa shape index (κ2) is 23.7. The number of aryl methyl sites for hydroxylation is 1. The molecule has 6 rings (SSSR count). The van der Waals surface area contributed by atoms with E-state index in [0.717, 1.165) is 69.7 Å². The third-order valence-corrected chi connectivity index (χ3v) is 11.0. The number of hydrogen-bond acceptors (Lipinski definition) is 8. The number of guanidine groups is 1. The lowest BCUT2D eigenvalue weighted by atomic mass is 9.92. The van der Waals surface area contributed by atoms with Gasteiger partial charge in [-0.1, -0.05) is 116 Å². The van der Waals surface area contributed by atoms with E-state index in [1.54, 1.807) is 4.68 Å². The van der Waals surface area contributed by atoms with Crippen LogP contribution in [0.3, 0.4) is 0 Å². The highest BCUT2D eigenvalue weighted by Gasteiger charge is 2.24. The molecule has 0 fully saturated rings. The van der Waals surface area contributed by atoms with Crippen molar-refractivity contribution in [3.8, 4) is 22.6 Å². The van der Waals surface area contributed by atoms with E-state index in [1.165, 1.54) is 0 Å². The number of nitrogens with two attached hydrogens (primary N) is 3. The van der Waals surface area contributed by atoms with E-state index in [-0.39, 0.29) is 30.4 Å². The molecule has 0 saturated heterocycles. The Morgan fingerprint density at radius 1 is 0.746 bits per heavy atom. The number of nitrogens with one attached hydrogen (secondary N) is 2. The fourth-order valence-electron chi connectivity index (χ4n) is 7.72. The van der Waals surface area contributed by atoms with Crippen LogP contribution in [-0.2, 0) is 29.2 Å². The zero-order valence-electron chi connectivity index (χ0n) is 36.7. The average molecular weight is 854 g/mol. The van der Waals surface area contributed by atoms with Gasteiger partial charge in [0.15, 0.2) is 5.96 Å². The molecule has 6 aromatic rings. The van der Waals surface area contributed by atoms with Gasteiger partial charge in [-0.2, -0.15) is 0 Å². The lowest BCUT2D eigenvalue weighted by Crippen LogP contribution is -2.50. The van der Waals surface area contributed by atoms with Gasteiger partial charge in [-0.05, 0) is 96.6 Å². The lowest BCUT2D eigenvalue weighted by molar-refractivity contribution is -0.129. The Hall–Kier alpha value is -6.47. The molecule has 2 amide bonds. The predicted octanol–water partition coefficient (Wildman–Crippen LogP) is 7.43. The van der Waals surface area contributed by atoms with Crippen molar-refractivity contribution in [2.24, 2.45) is 28.1 Å². The maximum atomic E-state index is 13.9. The molecule has 0 aliphatic carbocycles. The predicted molar refractivity (Wildman–Crippen MR) is 252 cm³/mol. The van der Waals surface area contributed by atoms with E-state index < -0.39 is 6.04 Å². The van der Waals surface area contributed by atoms with Crippen LogP contribution >= 0.6 is 0 Å². The summed E-state index contributed by atoms with van der Waals surface area (Å²) in [5.74, 6) is 1.54. The number of hydrogen-bond donors (Lipinski definition) is 5. The van der Waals surface area contributed by atoms with Crippen molar-refractivity contribution < 1.29 is 19.1 Å². The Morgan fingerprint density at radius 2 is 1.41 bits per heavy atom. The normalized spacial score (nSPS) is 12.3. The molecule has 1 aromatic heterocycles. The van der Waals surface area contributed by atoms with Gasteiger partial charge in [0.25, 0.3) is 0 Å². The molecular weight excluding hydrogens is 791 g/mol. The Balaban J connectivity index is 1.18. The molecular formula is C50H63N9O4. The molecule has 13 nitrogen and oxygen atoms in total. The van der Waals surface area contributed by atoms with Gasteiger partial charge in [-0.15, -0.1) is 5.10 Å². The molecule has 2 atom stereocenters. The molecule has 0 bridgehead atoms. The van der Waals surface area contributed by atoms with Crippen LogP contribution in [0.2, 0.25) is 0 Å². The van der Waals surface area contributed by atoms with Gasteiger partial charge in [0.1, 0.15) is 29.8 Å². The van der Waals surface area contributed by atoms with E-state index in [4.69, 9.17) is 26.7 Å². The Bertz CT molecular complexity index is 2410. The second-order valence-corrected chi connectivity index (χ2v) is 16.5. The summed E-state index contributed by atoms with van der Waals surface area (Å²) in [5.41, 5.74) is 20.7. The Labute approximate surface area is 370 Å². The molecule has 5 aromatic carbocycles. The highest BCUT2D eigenvalue weighted by molar-refractivity contribution is 6.09. The largest absolute Gasteiger partial charge is 0.493 e. The van der Waals surface area contributed by atoms with Crippen molar-refractivity contribution in [3.05, 3.63) is 121 Å². The number of benzene rings is 5. The van der Waals surface area contributed by atoms with Crippen LogP contribution in [0.15, 0.2) is 114 Å². The van der Waals surface area contributed by atoms with E-state index in [2.05, 4.69) is 88.3 Å². The van der Waals surface area contributed by atoms with Crippen molar-refractivity contribution in [1.82, 2.24) is 25.6 Å². The molecule has 63 heavy (non-hydrogen) atoms. The first-order valence-electron chi connectivity index (χ1n) is 22.3. The van der Waals surface area contributed by atoms with Gasteiger partial charge in [-0.3, -0.25) is 19.3 Å². The first-order chi connectivity index (χ1) is 30.7. The molecule has 0 aliphatic heterocycles.